The minimum absolute atomic E-state index is 0.00812. The van der Waals surface area contributed by atoms with Crippen LogP contribution in [-0.4, -0.2) is 26.4 Å². The molecule has 1 N–H and O–H groups in total. The monoisotopic (exact) mass is 566 g/mol. The van der Waals surface area contributed by atoms with E-state index in [4.69, 9.17) is 9.84 Å². The quantitative estimate of drug-likeness (QED) is 0.112. The molecule has 40 heavy (non-hydrogen) atoms. The molecule has 0 unspecified atom stereocenters. The first-order chi connectivity index (χ1) is 19.2. The van der Waals surface area contributed by atoms with Gasteiger partial charge in [-0.3, -0.25) is 0 Å². The molecule has 0 bridgehead atoms. The summed E-state index contributed by atoms with van der Waals surface area (Å²) < 4.78 is 66.3. The van der Waals surface area contributed by atoms with Gasteiger partial charge in [0, 0.05) is 35.3 Å². The lowest BCUT2D eigenvalue weighted by Gasteiger charge is -2.23. The van der Waals surface area contributed by atoms with E-state index in [1.165, 1.54) is 29.5 Å². The third-order valence-corrected chi connectivity index (χ3v) is 10.8. The lowest BCUT2D eigenvalue weighted by molar-refractivity contribution is 0.233. The number of benzene rings is 4. The van der Waals surface area contributed by atoms with E-state index in [1.54, 1.807) is 36.4 Å². The zero-order valence-corrected chi connectivity index (χ0v) is 24.0. The highest BCUT2D eigenvalue weighted by Crippen LogP contribution is 2.36. The van der Waals surface area contributed by atoms with Crippen LogP contribution in [0.15, 0.2) is 72.8 Å². The summed E-state index contributed by atoms with van der Waals surface area (Å²) in [5.41, 5.74) is 0.293. The largest absolute Gasteiger partial charge is 0.494 e. The second-order valence-corrected chi connectivity index (χ2v) is 15.4. The Morgan fingerprint density at radius 1 is 0.625 bits per heavy atom. The molecule has 0 atom stereocenters. The highest BCUT2D eigenvalue weighted by molar-refractivity contribution is 6.89. The van der Waals surface area contributed by atoms with Gasteiger partial charge in [-0.05, 0) is 23.3 Å². The van der Waals surface area contributed by atoms with Gasteiger partial charge in [-0.1, -0.05) is 105 Å². The number of hydrogen-bond donors (Lipinski definition) is 1. The number of unbranched alkanes of at least 4 members (excludes halogenated alkanes) is 1. The van der Waals surface area contributed by atoms with Crippen LogP contribution in [0.4, 0.5) is 17.6 Å². The van der Waals surface area contributed by atoms with E-state index in [-0.39, 0.29) is 28.9 Å². The Hall–Kier alpha value is -3.42. The van der Waals surface area contributed by atoms with E-state index in [2.05, 4.69) is 20.0 Å². The van der Waals surface area contributed by atoms with Crippen LogP contribution in [-0.2, 0) is 0 Å². The maximum atomic E-state index is 15.3. The fourth-order valence-corrected chi connectivity index (χ4v) is 7.41. The lowest BCUT2D eigenvalue weighted by atomic mass is 9.96. The smallest absolute Gasteiger partial charge is 0.167 e. The standard InChI is InChI=1S/C33H34F4O2Si/c1-4-5-21-40(2,3)25-13-9-23(10-14-25)27-16-18-29(33(37)31(27)35)28-17-15-26(30(34)32(28)36)22-7-11-24(12-8-22)39-20-6-19-38/h7-18,38H,4-6,19-21H2,1-3H3. The van der Waals surface area contributed by atoms with Crippen LogP contribution >= 0.6 is 0 Å². The summed E-state index contributed by atoms with van der Waals surface area (Å²) in [5.74, 6) is -4.21. The Morgan fingerprint density at radius 2 is 1.07 bits per heavy atom. The minimum Gasteiger partial charge on any atom is -0.494 e. The van der Waals surface area contributed by atoms with Gasteiger partial charge in [0.1, 0.15) is 5.75 Å². The third kappa shape index (κ3) is 6.31. The van der Waals surface area contributed by atoms with E-state index in [0.717, 1.165) is 18.9 Å². The van der Waals surface area contributed by atoms with Gasteiger partial charge in [-0.15, -0.1) is 0 Å². The zero-order valence-electron chi connectivity index (χ0n) is 23.0. The molecule has 0 saturated heterocycles. The second kappa shape index (κ2) is 12.8. The summed E-state index contributed by atoms with van der Waals surface area (Å²) in [5, 5.41) is 10.1. The number of aliphatic hydroxyl groups is 1. The maximum Gasteiger partial charge on any atom is 0.167 e. The van der Waals surface area contributed by atoms with Crippen molar-refractivity contribution in [3.05, 3.63) is 96.1 Å². The Bertz CT molecular complexity index is 1450. The summed E-state index contributed by atoms with van der Waals surface area (Å²) in [4.78, 5) is 0. The lowest BCUT2D eigenvalue weighted by Crippen LogP contribution is -2.40. The van der Waals surface area contributed by atoms with E-state index >= 15 is 17.6 Å². The highest BCUT2D eigenvalue weighted by Gasteiger charge is 2.24. The van der Waals surface area contributed by atoms with Crippen LogP contribution in [0.2, 0.25) is 19.1 Å². The molecule has 2 nitrogen and oxygen atoms in total. The molecule has 4 rings (SSSR count). The normalized spacial score (nSPS) is 11.6. The number of halogens is 4. The third-order valence-electron chi connectivity index (χ3n) is 7.32. The summed E-state index contributed by atoms with van der Waals surface area (Å²) >= 11 is 0. The molecule has 0 saturated carbocycles. The molecule has 0 aliphatic heterocycles. The van der Waals surface area contributed by atoms with Crippen molar-refractivity contribution in [2.75, 3.05) is 13.2 Å². The van der Waals surface area contributed by atoms with Crippen LogP contribution in [0, 0.1) is 23.3 Å². The molecule has 0 spiro atoms. The minimum atomic E-state index is -1.61. The predicted molar refractivity (Wildman–Crippen MR) is 157 cm³/mol. The van der Waals surface area contributed by atoms with Gasteiger partial charge in [0.25, 0.3) is 0 Å². The fourth-order valence-electron chi connectivity index (χ4n) is 4.81. The predicted octanol–water partition coefficient (Wildman–Crippen LogP) is 8.72. The van der Waals surface area contributed by atoms with Gasteiger partial charge >= 0.3 is 0 Å². The van der Waals surface area contributed by atoms with Crippen molar-refractivity contribution in [2.24, 2.45) is 0 Å². The molecule has 4 aromatic rings. The Morgan fingerprint density at radius 3 is 1.55 bits per heavy atom. The molecule has 0 heterocycles. The Balaban J connectivity index is 1.60. The van der Waals surface area contributed by atoms with Gasteiger partial charge in [0.15, 0.2) is 23.3 Å². The molecular formula is C33H34F4O2Si. The molecule has 0 radical (unpaired) electrons. The van der Waals surface area contributed by atoms with Gasteiger partial charge in [-0.2, -0.15) is 0 Å². The average molecular weight is 567 g/mol. The first-order valence-electron chi connectivity index (χ1n) is 13.6. The van der Waals surface area contributed by atoms with Crippen LogP contribution in [0.3, 0.4) is 0 Å². The van der Waals surface area contributed by atoms with Crippen LogP contribution in [0.25, 0.3) is 33.4 Å². The molecule has 0 aliphatic carbocycles. The maximum absolute atomic E-state index is 15.3. The zero-order chi connectivity index (χ0) is 28.9. The van der Waals surface area contributed by atoms with Gasteiger partial charge in [0.2, 0.25) is 0 Å². The Kier molecular flexibility index (Phi) is 9.48. The molecule has 0 amide bonds. The Labute approximate surface area is 234 Å². The second-order valence-electron chi connectivity index (χ2n) is 10.6. The molecule has 7 heteroatoms. The van der Waals surface area contributed by atoms with E-state index in [9.17, 15) is 0 Å². The molecule has 0 fully saturated rings. The summed E-state index contributed by atoms with van der Waals surface area (Å²) in [6.45, 7) is 7.11. The fraction of sp³-hybridized carbons (Fsp3) is 0.273. The van der Waals surface area contributed by atoms with Crippen LogP contribution < -0.4 is 9.92 Å². The van der Waals surface area contributed by atoms with Gasteiger partial charge in [0.05, 0.1) is 14.7 Å². The van der Waals surface area contributed by atoms with Crippen LogP contribution in [0.5, 0.6) is 5.75 Å². The van der Waals surface area contributed by atoms with Crippen molar-refractivity contribution in [2.45, 2.75) is 45.3 Å². The van der Waals surface area contributed by atoms with E-state index in [1.807, 2.05) is 12.1 Å². The summed E-state index contributed by atoms with van der Waals surface area (Å²) in [6.07, 6.45) is 2.77. The average Bonchev–Trinajstić information content (AvgIpc) is 2.96. The van der Waals surface area contributed by atoms with Crippen molar-refractivity contribution >= 4 is 13.3 Å². The summed E-state index contributed by atoms with van der Waals surface area (Å²) in [7, 11) is -1.61. The van der Waals surface area contributed by atoms with Crippen molar-refractivity contribution in [3.8, 4) is 39.1 Å². The van der Waals surface area contributed by atoms with Crippen molar-refractivity contribution < 1.29 is 27.4 Å². The summed E-state index contributed by atoms with van der Waals surface area (Å²) in [6, 6.07) is 20.4. The first-order valence-corrected chi connectivity index (χ1v) is 16.8. The number of hydrogen-bond acceptors (Lipinski definition) is 2. The number of rotatable bonds is 11. The highest BCUT2D eigenvalue weighted by atomic mass is 28.3. The van der Waals surface area contributed by atoms with Crippen molar-refractivity contribution in [1.82, 2.24) is 0 Å². The topological polar surface area (TPSA) is 29.5 Å². The van der Waals surface area contributed by atoms with Gasteiger partial charge in [-0.25, -0.2) is 17.6 Å². The number of ether oxygens (including phenoxy) is 1. The number of aliphatic hydroxyl groups excluding tert-OH is 1. The van der Waals surface area contributed by atoms with Crippen molar-refractivity contribution in [1.29, 1.82) is 0 Å². The molecule has 0 aromatic heterocycles. The SMILES string of the molecule is CCCC[Si](C)(C)c1ccc(-c2ccc(-c3ccc(-c4ccc(OCCCO)cc4)c(F)c3F)c(F)c2F)cc1. The molecule has 4 aromatic carbocycles. The first kappa shape index (κ1) is 29.6. The van der Waals surface area contributed by atoms with Crippen molar-refractivity contribution in [3.63, 3.8) is 0 Å². The van der Waals surface area contributed by atoms with Gasteiger partial charge < -0.3 is 9.84 Å². The van der Waals surface area contributed by atoms with Crippen LogP contribution in [0.1, 0.15) is 26.2 Å². The van der Waals surface area contributed by atoms with E-state index < -0.39 is 31.3 Å². The van der Waals surface area contributed by atoms with E-state index in [0.29, 0.717) is 29.9 Å². The molecule has 0 aliphatic rings. The molecule has 210 valence electrons. The molecular weight excluding hydrogens is 532 g/mol.